The molecule has 0 aromatic heterocycles. The van der Waals surface area contributed by atoms with Crippen molar-refractivity contribution in [1.29, 1.82) is 0 Å². The molecule has 0 N–H and O–H groups in total. The monoisotopic (exact) mass is 186 g/mol. The van der Waals surface area contributed by atoms with Gasteiger partial charge in [-0.2, -0.15) is 0 Å². The van der Waals surface area contributed by atoms with Crippen molar-refractivity contribution in [1.82, 2.24) is 0 Å². The maximum atomic E-state index is 11.1. The summed E-state index contributed by atoms with van der Waals surface area (Å²) < 4.78 is 8.89. The van der Waals surface area contributed by atoms with Gasteiger partial charge in [-0.3, -0.25) is 0 Å². The highest BCUT2D eigenvalue weighted by Gasteiger charge is 2.10. The highest BCUT2D eigenvalue weighted by molar-refractivity contribution is 5.96. The smallest absolute Gasteiger partial charge is 0.333 e. The fraction of sp³-hybridized carbons (Fsp3) is 0.556. The lowest BCUT2D eigenvalue weighted by molar-refractivity contribution is -0.138. The highest BCUT2D eigenvalue weighted by Crippen LogP contribution is 2.06. The molecule has 0 amide bonds. The van der Waals surface area contributed by atoms with Crippen molar-refractivity contribution in [3.05, 3.63) is 11.6 Å². The van der Waals surface area contributed by atoms with Gasteiger partial charge in [-0.05, 0) is 6.42 Å². The Morgan fingerprint density at radius 1 is 1.23 bits per heavy atom. The van der Waals surface area contributed by atoms with Crippen molar-refractivity contribution >= 4 is 11.9 Å². The molecule has 4 nitrogen and oxygen atoms in total. The third-order valence-electron chi connectivity index (χ3n) is 1.46. The van der Waals surface area contributed by atoms with E-state index in [1.807, 2.05) is 6.92 Å². The predicted octanol–water partition coefficient (Wildman–Crippen LogP) is 1.06. The molecule has 0 bridgehead atoms. The van der Waals surface area contributed by atoms with Crippen LogP contribution < -0.4 is 0 Å². The lowest BCUT2D eigenvalue weighted by Crippen LogP contribution is -2.08. The van der Waals surface area contributed by atoms with Gasteiger partial charge in [0, 0.05) is 11.6 Å². The van der Waals surface area contributed by atoms with Gasteiger partial charge in [0.15, 0.2) is 0 Å². The van der Waals surface area contributed by atoms with Crippen molar-refractivity contribution in [3.8, 4) is 0 Å². The van der Waals surface area contributed by atoms with E-state index in [4.69, 9.17) is 0 Å². The third-order valence-corrected chi connectivity index (χ3v) is 1.46. The van der Waals surface area contributed by atoms with Crippen molar-refractivity contribution in [2.45, 2.75) is 19.8 Å². The molecule has 0 aliphatic rings. The minimum absolute atomic E-state index is 0.344. The van der Waals surface area contributed by atoms with Crippen LogP contribution in [0.2, 0.25) is 0 Å². The fourth-order valence-electron chi connectivity index (χ4n) is 0.835. The molecule has 0 atom stereocenters. The topological polar surface area (TPSA) is 52.6 Å². The number of rotatable bonds is 4. The first kappa shape index (κ1) is 11.7. The van der Waals surface area contributed by atoms with Crippen LogP contribution in [0.15, 0.2) is 11.6 Å². The molecule has 0 rings (SSSR count). The van der Waals surface area contributed by atoms with Gasteiger partial charge in [0.1, 0.15) is 0 Å². The van der Waals surface area contributed by atoms with Crippen LogP contribution >= 0.6 is 0 Å². The summed E-state index contributed by atoms with van der Waals surface area (Å²) in [6.07, 6.45) is 2.45. The summed E-state index contributed by atoms with van der Waals surface area (Å²) in [5, 5.41) is 0. The van der Waals surface area contributed by atoms with Gasteiger partial charge in [0.25, 0.3) is 0 Å². The van der Waals surface area contributed by atoms with Crippen LogP contribution in [0.3, 0.4) is 0 Å². The molecule has 0 aromatic carbocycles. The molecule has 0 aromatic rings. The second-order valence-corrected chi connectivity index (χ2v) is 2.43. The Kier molecular flexibility index (Phi) is 5.59. The van der Waals surface area contributed by atoms with Crippen molar-refractivity contribution in [2.24, 2.45) is 0 Å². The molecular formula is C9H14O4. The summed E-state index contributed by atoms with van der Waals surface area (Å²) >= 11 is 0. The van der Waals surface area contributed by atoms with Crippen LogP contribution in [-0.4, -0.2) is 26.2 Å². The van der Waals surface area contributed by atoms with Gasteiger partial charge >= 0.3 is 11.9 Å². The van der Waals surface area contributed by atoms with Gasteiger partial charge in [0.2, 0.25) is 0 Å². The van der Waals surface area contributed by atoms with Gasteiger partial charge in [-0.15, -0.1) is 0 Å². The van der Waals surface area contributed by atoms with E-state index >= 15 is 0 Å². The largest absolute Gasteiger partial charge is 0.466 e. The SMILES string of the molecule is CCCC(=CC(=O)OC)C(=O)OC. The summed E-state index contributed by atoms with van der Waals surface area (Å²) in [6.45, 7) is 1.91. The Balaban J connectivity index is 4.48. The maximum absolute atomic E-state index is 11.1. The van der Waals surface area contributed by atoms with Crippen LogP contribution in [0.4, 0.5) is 0 Å². The van der Waals surface area contributed by atoms with Gasteiger partial charge in [-0.25, -0.2) is 9.59 Å². The van der Waals surface area contributed by atoms with Crippen LogP contribution in [0.1, 0.15) is 19.8 Å². The van der Waals surface area contributed by atoms with E-state index in [-0.39, 0.29) is 0 Å². The molecule has 0 saturated heterocycles. The zero-order chi connectivity index (χ0) is 10.3. The van der Waals surface area contributed by atoms with Crippen molar-refractivity contribution < 1.29 is 19.1 Å². The Hall–Kier alpha value is -1.32. The number of hydrogen-bond donors (Lipinski definition) is 0. The predicted molar refractivity (Wildman–Crippen MR) is 47.0 cm³/mol. The first-order chi connectivity index (χ1) is 6.15. The number of esters is 2. The molecule has 4 heteroatoms. The van der Waals surface area contributed by atoms with E-state index in [0.29, 0.717) is 12.0 Å². The number of hydrogen-bond acceptors (Lipinski definition) is 4. The second-order valence-electron chi connectivity index (χ2n) is 2.43. The van der Waals surface area contributed by atoms with Crippen LogP contribution in [-0.2, 0) is 19.1 Å². The summed E-state index contributed by atoms with van der Waals surface area (Å²) in [6, 6.07) is 0. The molecule has 13 heavy (non-hydrogen) atoms. The van der Waals surface area contributed by atoms with Gasteiger partial charge in [0.05, 0.1) is 14.2 Å². The Morgan fingerprint density at radius 3 is 2.23 bits per heavy atom. The molecule has 0 saturated carbocycles. The Morgan fingerprint density at radius 2 is 1.85 bits per heavy atom. The average molecular weight is 186 g/mol. The number of carbonyl (C=O) groups excluding carboxylic acids is 2. The molecule has 0 fully saturated rings. The Labute approximate surface area is 77.5 Å². The molecule has 0 aliphatic carbocycles. The number of ether oxygens (including phenoxy) is 2. The van der Waals surface area contributed by atoms with Crippen LogP contribution in [0.5, 0.6) is 0 Å². The number of methoxy groups -OCH3 is 2. The highest BCUT2D eigenvalue weighted by atomic mass is 16.5. The maximum Gasteiger partial charge on any atom is 0.333 e. The minimum atomic E-state index is -0.533. The van der Waals surface area contributed by atoms with Crippen LogP contribution in [0.25, 0.3) is 0 Å². The standard InChI is InChI=1S/C9H14O4/c1-4-5-7(9(11)13-3)6-8(10)12-2/h6H,4-5H2,1-3H3. The molecule has 0 heterocycles. The second kappa shape index (κ2) is 6.22. The van der Waals surface area contributed by atoms with E-state index < -0.39 is 11.9 Å². The molecule has 0 radical (unpaired) electrons. The van der Waals surface area contributed by atoms with Gasteiger partial charge in [-0.1, -0.05) is 13.3 Å². The summed E-state index contributed by atoms with van der Waals surface area (Å²) in [4.78, 5) is 21.9. The quantitative estimate of drug-likeness (QED) is 0.486. The normalized spacial score (nSPS) is 10.8. The summed E-state index contributed by atoms with van der Waals surface area (Å²) in [5.74, 6) is -1.01. The Bertz CT molecular complexity index is 218. The van der Waals surface area contributed by atoms with E-state index in [9.17, 15) is 9.59 Å². The lowest BCUT2D eigenvalue weighted by atomic mass is 10.1. The van der Waals surface area contributed by atoms with E-state index in [0.717, 1.165) is 12.5 Å². The first-order valence-corrected chi connectivity index (χ1v) is 4.02. The first-order valence-electron chi connectivity index (χ1n) is 4.02. The summed E-state index contributed by atoms with van der Waals surface area (Å²) in [7, 11) is 2.54. The zero-order valence-electron chi connectivity index (χ0n) is 8.12. The molecule has 0 aliphatic heterocycles. The van der Waals surface area contributed by atoms with E-state index in [1.165, 1.54) is 14.2 Å². The average Bonchev–Trinajstić information content (AvgIpc) is 2.15. The lowest BCUT2D eigenvalue weighted by Gasteiger charge is -2.02. The molecule has 74 valence electrons. The van der Waals surface area contributed by atoms with Crippen LogP contribution in [0, 0.1) is 0 Å². The van der Waals surface area contributed by atoms with Crippen molar-refractivity contribution in [2.75, 3.05) is 14.2 Å². The third kappa shape index (κ3) is 4.30. The molecular weight excluding hydrogens is 172 g/mol. The fourth-order valence-corrected chi connectivity index (χ4v) is 0.835. The molecule has 0 unspecified atom stereocenters. The van der Waals surface area contributed by atoms with Gasteiger partial charge < -0.3 is 9.47 Å². The summed E-state index contributed by atoms with van der Waals surface area (Å²) in [5.41, 5.74) is 0.344. The van der Waals surface area contributed by atoms with E-state index in [2.05, 4.69) is 9.47 Å². The molecule has 0 spiro atoms. The number of carbonyl (C=O) groups is 2. The zero-order valence-corrected chi connectivity index (χ0v) is 8.12. The van der Waals surface area contributed by atoms with E-state index in [1.54, 1.807) is 0 Å². The minimum Gasteiger partial charge on any atom is -0.466 e. The van der Waals surface area contributed by atoms with Crippen molar-refractivity contribution in [3.63, 3.8) is 0 Å².